The van der Waals surface area contributed by atoms with E-state index in [0.29, 0.717) is 17.9 Å². The Morgan fingerprint density at radius 3 is 2.92 bits per heavy atom. The van der Waals surface area contributed by atoms with Crippen molar-refractivity contribution in [3.8, 4) is 5.75 Å². The number of hydrogen-bond donors (Lipinski definition) is 2. The molecule has 6 nitrogen and oxygen atoms in total. The van der Waals surface area contributed by atoms with Crippen molar-refractivity contribution in [3.63, 3.8) is 0 Å². The number of amides is 1. The largest absolute Gasteiger partial charge is 0.429 e. The monoisotopic (exact) mass is 352 g/mol. The predicted octanol–water partition coefficient (Wildman–Crippen LogP) is 3.55. The van der Waals surface area contributed by atoms with Crippen molar-refractivity contribution in [2.24, 2.45) is 7.05 Å². The summed E-state index contributed by atoms with van der Waals surface area (Å²) in [5.41, 5.74) is 3.17. The second-order valence-corrected chi connectivity index (χ2v) is 5.98. The molecule has 1 aliphatic heterocycles. The van der Waals surface area contributed by atoms with Gasteiger partial charge in [0.1, 0.15) is 11.6 Å². The third-order valence-corrected chi connectivity index (χ3v) is 4.43. The minimum atomic E-state index is -0.113. The van der Waals surface area contributed by atoms with Crippen molar-refractivity contribution >= 4 is 36.0 Å². The molecule has 25 heavy (non-hydrogen) atoms. The molecule has 1 aromatic heterocycles. The molecule has 0 radical (unpaired) electrons. The van der Waals surface area contributed by atoms with Gasteiger partial charge in [0.25, 0.3) is 5.91 Å². The Hall–Kier alpha value is -2.93. The van der Waals surface area contributed by atoms with Crippen LogP contribution in [0, 0.1) is 0 Å². The van der Waals surface area contributed by atoms with Gasteiger partial charge in [-0.15, -0.1) is 0 Å². The smallest absolute Gasteiger partial charge is 0.258 e. The molecule has 126 valence electrons. The van der Waals surface area contributed by atoms with E-state index >= 15 is 0 Å². The number of carbonyl (C=O) groups is 1. The Balaban J connectivity index is 1.81. The summed E-state index contributed by atoms with van der Waals surface area (Å²) in [4.78, 5) is 14.9. The standard InChI is InChI=1S/C18H16N4O2S/c1-21-17-13(10-19-21)11-22(16-8-3-2-7-15(16)20-17)18(23)12-5-4-6-14(9-12)24-25/h2-10,20,25H,11H2,1H3. The van der Waals surface area contributed by atoms with Crippen LogP contribution in [0.15, 0.2) is 54.7 Å². The number of aryl methyl sites for hydroxylation is 1. The van der Waals surface area contributed by atoms with Gasteiger partial charge < -0.3 is 14.4 Å². The number of hydrogen-bond acceptors (Lipinski definition) is 5. The van der Waals surface area contributed by atoms with Crippen LogP contribution in [0.5, 0.6) is 5.75 Å². The highest BCUT2D eigenvalue weighted by atomic mass is 32.1. The Kier molecular flexibility index (Phi) is 3.85. The SMILES string of the molecule is Cn1ncc2c1Nc1ccccc1N(C(=O)c1cccc(OS)c1)C2. The van der Waals surface area contributed by atoms with Gasteiger partial charge in [-0.2, -0.15) is 5.10 Å². The van der Waals surface area contributed by atoms with Crippen molar-refractivity contribution in [1.29, 1.82) is 0 Å². The van der Waals surface area contributed by atoms with E-state index in [-0.39, 0.29) is 5.91 Å². The minimum Gasteiger partial charge on any atom is -0.429 e. The molecule has 1 aliphatic rings. The molecule has 1 N–H and O–H groups in total. The normalized spacial score (nSPS) is 12.6. The molecule has 0 fully saturated rings. The lowest BCUT2D eigenvalue weighted by Crippen LogP contribution is -2.29. The molecule has 1 amide bonds. The van der Waals surface area contributed by atoms with Gasteiger partial charge in [-0.25, -0.2) is 0 Å². The van der Waals surface area contributed by atoms with E-state index in [0.717, 1.165) is 22.8 Å². The zero-order chi connectivity index (χ0) is 17.4. The number of benzene rings is 2. The Morgan fingerprint density at radius 1 is 1.24 bits per heavy atom. The number of anilines is 3. The van der Waals surface area contributed by atoms with Crippen molar-refractivity contribution in [3.05, 3.63) is 65.9 Å². The molecule has 3 aromatic rings. The zero-order valence-corrected chi connectivity index (χ0v) is 14.4. The summed E-state index contributed by atoms with van der Waals surface area (Å²) >= 11 is 3.81. The highest BCUT2D eigenvalue weighted by Crippen LogP contribution is 2.36. The molecule has 0 atom stereocenters. The number of nitrogens with one attached hydrogen (secondary N) is 1. The van der Waals surface area contributed by atoms with E-state index in [1.807, 2.05) is 31.3 Å². The topological polar surface area (TPSA) is 59.4 Å². The first-order chi connectivity index (χ1) is 12.2. The number of nitrogens with zero attached hydrogens (tertiary/aromatic N) is 3. The maximum absolute atomic E-state index is 13.2. The first kappa shape index (κ1) is 15.6. The minimum absolute atomic E-state index is 0.113. The van der Waals surface area contributed by atoms with Gasteiger partial charge in [0.15, 0.2) is 0 Å². The summed E-state index contributed by atoms with van der Waals surface area (Å²) in [5.74, 6) is 1.30. The number of aromatic nitrogens is 2. The van der Waals surface area contributed by atoms with E-state index < -0.39 is 0 Å². The first-order valence-electron chi connectivity index (χ1n) is 7.77. The summed E-state index contributed by atoms with van der Waals surface area (Å²) in [6, 6.07) is 14.7. The number of fused-ring (bicyclic) bond motifs is 2. The van der Waals surface area contributed by atoms with Crippen LogP contribution in [0.4, 0.5) is 17.2 Å². The maximum atomic E-state index is 13.2. The molecular formula is C18H16N4O2S. The summed E-state index contributed by atoms with van der Waals surface area (Å²) in [6.07, 6.45) is 1.78. The lowest BCUT2D eigenvalue weighted by atomic mass is 10.1. The van der Waals surface area contributed by atoms with E-state index in [2.05, 4.69) is 23.3 Å². The third kappa shape index (κ3) is 2.72. The van der Waals surface area contributed by atoms with Gasteiger partial charge in [0, 0.05) is 31.1 Å². The molecule has 2 aromatic carbocycles. The number of carbonyl (C=O) groups excluding carboxylic acids is 1. The summed E-state index contributed by atoms with van der Waals surface area (Å²) in [7, 11) is 1.87. The second-order valence-electron chi connectivity index (χ2n) is 5.79. The maximum Gasteiger partial charge on any atom is 0.258 e. The van der Waals surface area contributed by atoms with Crippen LogP contribution in [0.1, 0.15) is 15.9 Å². The number of rotatable bonds is 2. The Bertz CT molecular complexity index is 954. The quantitative estimate of drug-likeness (QED) is 0.547. The number of thiol groups is 1. The predicted molar refractivity (Wildman–Crippen MR) is 99.5 cm³/mol. The molecular weight excluding hydrogens is 336 g/mol. The van der Waals surface area contributed by atoms with Gasteiger partial charge >= 0.3 is 0 Å². The van der Waals surface area contributed by atoms with Gasteiger partial charge in [0.2, 0.25) is 0 Å². The fourth-order valence-electron chi connectivity index (χ4n) is 2.98. The Morgan fingerprint density at radius 2 is 2.08 bits per heavy atom. The van der Waals surface area contributed by atoms with Gasteiger partial charge in [-0.1, -0.05) is 18.2 Å². The van der Waals surface area contributed by atoms with Crippen molar-refractivity contribution in [1.82, 2.24) is 9.78 Å². The molecule has 0 saturated heterocycles. The van der Waals surface area contributed by atoms with E-state index in [9.17, 15) is 4.79 Å². The molecule has 0 unspecified atom stereocenters. The molecule has 7 heteroatoms. The van der Waals surface area contributed by atoms with Crippen molar-refractivity contribution in [2.75, 3.05) is 10.2 Å². The van der Waals surface area contributed by atoms with Crippen molar-refractivity contribution in [2.45, 2.75) is 6.54 Å². The fourth-order valence-corrected chi connectivity index (χ4v) is 3.09. The molecule has 0 aliphatic carbocycles. The highest BCUT2D eigenvalue weighted by Gasteiger charge is 2.26. The third-order valence-electron chi connectivity index (χ3n) is 4.22. The van der Waals surface area contributed by atoms with E-state index in [4.69, 9.17) is 4.18 Å². The van der Waals surface area contributed by atoms with Crippen LogP contribution in [0.3, 0.4) is 0 Å². The lowest BCUT2D eigenvalue weighted by molar-refractivity contribution is 0.0985. The van der Waals surface area contributed by atoms with Crippen LogP contribution in [0.2, 0.25) is 0 Å². The van der Waals surface area contributed by atoms with Crippen molar-refractivity contribution < 1.29 is 8.98 Å². The van der Waals surface area contributed by atoms with Gasteiger partial charge in [0.05, 0.1) is 24.1 Å². The number of para-hydroxylation sites is 2. The van der Waals surface area contributed by atoms with E-state index in [1.54, 1.807) is 40.0 Å². The van der Waals surface area contributed by atoms with Crippen LogP contribution < -0.4 is 14.4 Å². The summed E-state index contributed by atoms with van der Waals surface area (Å²) in [6.45, 7) is 0.429. The molecule has 4 rings (SSSR count). The van der Waals surface area contributed by atoms with Crippen LogP contribution in [-0.2, 0) is 13.6 Å². The van der Waals surface area contributed by atoms with Gasteiger partial charge in [-0.3, -0.25) is 9.48 Å². The van der Waals surface area contributed by atoms with Crippen LogP contribution in [-0.4, -0.2) is 15.7 Å². The molecule has 2 heterocycles. The molecule has 0 bridgehead atoms. The van der Waals surface area contributed by atoms with Gasteiger partial charge in [-0.05, 0) is 30.3 Å². The molecule has 0 saturated carbocycles. The Labute approximate surface area is 150 Å². The first-order valence-corrected chi connectivity index (χ1v) is 8.14. The van der Waals surface area contributed by atoms with Crippen LogP contribution >= 0.6 is 12.9 Å². The second kappa shape index (κ2) is 6.18. The van der Waals surface area contributed by atoms with E-state index in [1.165, 1.54) is 0 Å². The fraction of sp³-hybridized carbons (Fsp3) is 0.111. The summed E-state index contributed by atoms with van der Waals surface area (Å²) < 4.78 is 6.72. The summed E-state index contributed by atoms with van der Waals surface area (Å²) in [5, 5.41) is 7.67. The highest BCUT2D eigenvalue weighted by molar-refractivity contribution is 7.75. The lowest BCUT2D eigenvalue weighted by Gasteiger charge is -2.22. The zero-order valence-electron chi connectivity index (χ0n) is 13.5. The average molecular weight is 352 g/mol. The average Bonchev–Trinajstić information content (AvgIpc) is 2.90. The molecule has 0 spiro atoms. The van der Waals surface area contributed by atoms with Crippen LogP contribution in [0.25, 0.3) is 0 Å².